The van der Waals surface area contributed by atoms with E-state index < -0.39 is 42.0 Å². The number of hydrogen-bond donors (Lipinski definition) is 4. The normalized spacial score (nSPS) is 18.6. The van der Waals surface area contributed by atoms with Gasteiger partial charge in [-0.25, -0.2) is 0 Å². The van der Waals surface area contributed by atoms with Gasteiger partial charge in [-0.15, -0.1) is 0 Å². The van der Waals surface area contributed by atoms with Crippen molar-refractivity contribution in [3.8, 4) is 5.75 Å². The van der Waals surface area contributed by atoms with Crippen molar-refractivity contribution in [2.45, 2.75) is 69.7 Å². The van der Waals surface area contributed by atoms with E-state index in [1.54, 1.807) is 50.6 Å². The molecule has 0 unspecified atom stereocenters. The van der Waals surface area contributed by atoms with Crippen LogP contribution in [0.2, 0.25) is 0 Å². The van der Waals surface area contributed by atoms with Crippen LogP contribution in [0.3, 0.4) is 0 Å². The van der Waals surface area contributed by atoms with Crippen molar-refractivity contribution >= 4 is 34.4 Å². The number of epoxide rings is 1. The maximum Gasteiger partial charge on any atom is 0.251 e. The summed E-state index contributed by atoms with van der Waals surface area (Å²) < 4.78 is 10.5. The maximum atomic E-state index is 13.7. The Labute approximate surface area is 244 Å². The van der Waals surface area contributed by atoms with E-state index in [2.05, 4.69) is 26.1 Å². The van der Waals surface area contributed by atoms with Crippen molar-refractivity contribution in [3.63, 3.8) is 0 Å². The van der Waals surface area contributed by atoms with Crippen molar-refractivity contribution in [2.24, 2.45) is 5.92 Å². The highest BCUT2D eigenvalue weighted by molar-refractivity contribution is 6.01. The summed E-state index contributed by atoms with van der Waals surface area (Å²) >= 11 is 0. The van der Waals surface area contributed by atoms with E-state index in [4.69, 9.17) is 9.47 Å². The molecule has 2 aromatic carbocycles. The van der Waals surface area contributed by atoms with Crippen LogP contribution >= 0.6 is 0 Å². The highest BCUT2D eigenvalue weighted by Crippen LogP contribution is 2.30. The second-order valence-corrected chi connectivity index (χ2v) is 11.2. The molecule has 4 N–H and O–H groups in total. The van der Waals surface area contributed by atoms with Gasteiger partial charge in [-0.1, -0.05) is 43.9 Å². The number of benzene rings is 2. The fourth-order valence-electron chi connectivity index (χ4n) is 5.46. The zero-order valence-electron chi connectivity index (χ0n) is 23.9. The summed E-state index contributed by atoms with van der Waals surface area (Å²) in [6.07, 6.45) is 6.21. The van der Waals surface area contributed by atoms with E-state index in [0.717, 1.165) is 36.6 Å². The third-order valence-electron chi connectivity index (χ3n) is 8.03. The minimum absolute atomic E-state index is 0.125. The van der Waals surface area contributed by atoms with Crippen LogP contribution in [0.1, 0.15) is 54.9 Å². The number of H-pyrrole nitrogens is 1. The van der Waals surface area contributed by atoms with Gasteiger partial charge in [0.1, 0.15) is 23.9 Å². The molecule has 3 aromatic rings. The smallest absolute Gasteiger partial charge is 0.251 e. The van der Waals surface area contributed by atoms with Crippen LogP contribution in [-0.4, -0.2) is 71.6 Å². The number of amides is 3. The first-order chi connectivity index (χ1) is 20.3. The van der Waals surface area contributed by atoms with Gasteiger partial charge in [-0.05, 0) is 49.1 Å². The van der Waals surface area contributed by atoms with Crippen LogP contribution in [0, 0.1) is 5.92 Å². The molecule has 5 rings (SSSR count). The molecule has 1 aliphatic heterocycles. The van der Waals surface area contributed by atoms with Gasteiger partial charge >= 0.3 is 0 Å². The Hall–Kier alpha value is -4.25. The lowest BCUT2D eigenvalue weighted by Crippen LogP contribution is -2.56. The molecule has 1 aliphatic carbocycles. The number of rotatable bonds is 13. The molecule has 4 atom stereocenters. The predicted molar refractivity (Wildman–Crippen MR) is 155 cm³/mol. The lowest BCUT2D eigenvalue weighted by Gasteiger charge is -2.25. The van der Waals surface area contributed by atoms with E-state index in [1.165, 1.54) is 0 Å². The van der Waals surface area contributed by atoms with Crippen LogP contribution in [0.25, 0.3) is 10.9 Å². The van der Waals surface area contributed by atoms with Crippen molar-refractivity contribution in [2.75, 3.05) is 13.7 Å². The van der Waals surface area contributed by atoms with E-state index in [-0.39, 0.29) is 12.2 Å². The van der Waals surface area contributed by atoms with Gasteiger partial charge in [-0.2, -0.15) is 5.10 Å². The van der Waals surface area contributed by atoms with Crippen LogP contribution < -0.4 is 20.7 Å². The molecule has 2 fully saturated rings. The number of carbonyl (C=O) groups excluding carboxylic acids is 4. The largest absolute Gasteiger partial charge is 0.497 e. The number of ketones is 1. The van der Waals surface area contributed by atoms with E-state index in [0.29, 0.717) is 35.8 Å². The maximum absolute atomic E-state index is 13.7. The number of aromatic nitrogens is 2. The number of carbonyl (C=O) groups is 4. The number of methoxy groups -OCH3 is 1. The summed E-state index contributed by atoms with van der Waals surface area (Å²) in [5, 5.41) is 16.1. The van der Waals surface area contributed by atoms with E-state index >= 15 is 0 Å². The Bertz CT molecular complexity index is 1430. The minimum atomic E-state index is -0.981. The Balaban J connectivity index is 1.28. The highest BCUT2D eigenvalue weighted by atomic mass is 16.6. The Morgan fingerprint density at radius 2 is 1.71 bits per heavy atom. The lowest BCUT2D eigenvalue weighted by atomic mass is 9.94. The summed E-state index contributed by atoms with van der Waals surface area (Å²) in [4.78, 5) is 52.9. The predicted octanol–water partition coefficient (Wildman–Crippen LogP) is 2.45. The molecule has 1 aromatic heterocycles. The third-order valence-corrected chi connectivity index (χ3v) is 8.03. The van der Waals surface area contributed by atoms with Crippen molar-refractivity contribution < 1.29 is 28.7 Å². The monoisotopic (exact) mass is 575 g/mol. The number of ether oxygens (including phenoxy) is 2. The van der Waals surface area contributed by atoms with Gasteiger partial charge in [0.15, 0.2) is 5.78 Å². The zero-order chi connectivity index (χ0) is 29.6. The minimum Gasteiger partial charge on any atom is -0.497 e. The van der Waals surface area contributed by atoms with Gasteiger partial charge in [0.05, 0.1) is 31.5 Å². The molecule has 2 aliphatic rings. The molecule has 2 heterocycles. The number of hydrogen-bond acceptors (Lipinski definition) is 7. The van der Waals surface area contributed by atoms with Crippen LogP contribution in [0.15, 0.2) is 48.7 Å². The van der Waals surface area contributed by atoms with Crippen LogP contribution in [0.4, 0.5) is 0 Å². The van der Waals surface area contributed by atoms with Gasteiger partial charge in [0.2, 0.25) is 11.8 Å². The first-order valence-corrected chi connectivity index (χ1v) is 14.4. The van der Waals surface area contributed by atoms with Gasteiger partial charge < -0.3 is 25.4 Å². The van der Waals surface area contributed by atoms with Crippen molar-refractivity contribution in [1.29, 1.82) is 0 Å². The van der Waals surface area contributed by atoms with Crippen molar-refractivity contribution in [3.05, 3.63) is 59.8 Å². The average Bonchev–Trinajstić information content (AvgIpc) is 3.51. The molecule has 11 nitrogen and oxygen atoms in total. The fourth-order valence-corrected chi connectivity index (χ4v) is 5.46. The summed E-state index contributed by atoms with van der Waals surface area (Å²) in [6.45, 7) is 1.92. The second kappa shape index (κ2) is 13.2. The number of aromatic amines is 1. The zero-order valence-corrected chi connectivity index (χ0v) is 23.9. The molecule has 3 amide bonds. The molecule has 222 valence electrons. The Morgan fingerprint density at radius 1 is 1.00 bits per heavy atom. The molecule has 42 heavy (non-hydrogen) atoms. The molecule has 0 bridgehead atoms. The third kappa shape index (κ3) is 7.33. The topological polar surface area (TPSA) is 155 Å². The summed E-state index contributed by atoms with van der Waals surface area (Å²) in [5.74, 6) is -0.510. The SMILES string of the molecule is COc1ccc(C[C@H](NC(=O)[C@@H](C)NC(=O)c2ccc3cn[nH]c3c2)C(=O)N[C@@H](CC2CCCC2)C(=O)[C@H]2CO2)cc1. The highest BCUT2D eigenvalue weighted by Gasteiger charge is 2.39. The standard InChI is InChI=1S/C31H37N5O6/c1-18(33-30(39)21-9-10-22-16-32-36-24(22)15-21)29(38)35-26(14-20-7-11-23(41-2)12-8-20)31(40)34-25(28(37)27-17-42-27)13-19-5-3-4-6-19/h7-12,15-16,18-19,25-27H,3-6,13-14,17H2,1-2H3,(H,32,36)(H,33,39)(H,34,40)(H,35,38)/t18-,25+,26+,27-/m1/s1. The summed E-state index contributed by atoms with van der Waals surface area (Å²) in [6, 6.07) is 9.69. The molecular formula is C31H37N5O6. The lowest BCUT2D eigenvalue weighted by molar-refractivity contribution is -0.132. The molecule has 1 saturated heterocycles. The van der Waals surface area contributed by atoms with Crippen molar-refractivity contribution in [1.82, 2.24) is 26.1 Å². The van der Waals surface area contributed by atoms with E-state index in [9.17, 15) is 19.2 Å². The number of Topliss-reactive ketones (excluding diaryl/α,β-unsaturated/α-hetero) is 1. The van der Waals surface area contributed by atoms with Crippen LogP contribution in [0.5, 0.6) is 5.75 Å². The van der Waals surface area contributed by atoms with Gasteiger partial charge in [0, 0.05) is 17.4 Å². The Morgan fingerprint density at radius 3 is 2.40 bits per heavy atom. The summed E-state index contributed by atoms with van der Waals surface area (Å²) in [7, 11) is 1.57. The average molecular weight is 576 g/mol. The molecule has 0 spiro atoms. The quantitative estimate of drug-likeness (QED) is 0.228. The molecule has 1 saturated carbocycles. The number of nitrogens with zero attached hydrogens (tertiary/aromatic N) is 1. The van der Waals surface area contributed by atoms with Crippen LogP contribution in [-0.2, 0) is 25.5 Å². The first kappa shape index (κ1) is 29.2. The Kier molecular flexibility index (Phi) is 9.16. The summed E-state index contributed by atoms with van der Waals surface area (Å²) in [5.41, 5.74) is 1.87. The number of fused-ring (bicyclic) bond motifs is 1. The molecule has 0 radical (unpaired) electrons. The van der Waals surface area contributed by atoms with Gasteiger partial charge in [-0.3, -0.25) is 24.3 Å². The first-order valence-electron chi connectivity index (χ1n) is 14.4. The number of nitrogens with one attached hydrogen (secondary N) is 4. The molecular weight excluding hydrogens is 538 g/mol. The van der Waals surface area contributed by atoms with Gasteiger partial charge in [0.25, 0.3) is 5.91 Å². The van der Waals surface area contributed by atoms with E-state index in [1.807, 2.05) is 12.1 Å². The fraction of sp³-hybridized carbons (Fsp3) is 0.452. The molecule has 11 heteroatoms. The second-order valence-electron chi connectivity index (χ2n) is 11.2.